The minimum absolute atomic E-state index is 1.20. The molecule has 0 heteroatoms. The smallest absolute Gasteiger partial charge is 0.0228 e. The molecule has 17 heavy (non-hydrogen) atoms. The number of rotatable bonds is 7. The highest BCUT2D eigenvalue weighted by Crippen LogP contribution is 2.23. The predicted octanol–water partition coefficient (Wildman–Crippen LogP) is 5.32. The highest BCUT2D eigenvalue weighted by molar-refractivity contribution is 5.56. The van der Waals surface area contributed by atoms with Crippen LogP contribution < -0.4 is 0 Å². The first-order valence-corrected chi connectivity index (χ1v) is 6.98. The van der Waals surface area contributed by atoms with Crippen LogP contribution in [-0.4, -0.2) is 0 Å². The number of hydrogen-bond donors (Lipinski definition) is 0. The van der Waals surface area contributed by atoms with Crippen LogP contribution in [0.3, 0.4) is 0 Å². The second-order valence-electron chi connectivity index (χ2n) is 4.83. The maximum atomic E-state index is 3.93. The van der Waals surface area contributed by atoms with Crippen molar-refractivity contribution in [3.63, 3.8) is 0 Å². The molecule has 1 rings (SSSR count). The van der Waals surface area contributed by atoms with Crippen LogP contribution in [0.15, 0.2) is 18.7 Å². The molecule has 0 nitrogen and oxygen atoms in total. The standard InChI is InChI=1S/C17H26/c1-5-8-10-16-13-12-15(7-3)17(14(16)4)11-9-6-2/h7,12-13H,3,5-6,8-11H2,1-2,4H3. The fourth-order valence-corrected chi connectivity index (χ4v) is 2.34. The monoisotopic (exact) mass is 230 g/mol. The van der Waals surface area contributed by atoms with Gasteiger partial charge in [-0.3, -0.25) is 0 Å². The van der Waals surface area contributed by atoms with Gasteiger partial charge in [-0.25, -0.2) is 0 Å². The zero-order valence-corrected chi connectivity index (χ0v) is 11.7. The Morgan fingerprint density at radius 2 is 1.71 bits per heavy atom. The Morgan fingerprint density at radius 3 is 2.29 bits per heavy atom. The molecule has 0 N–H and O–H groups in total. The lowest BCUT2D eigenvalue weighted by atomic mass is 9.91. The first kappa shape index (κ1) is 14.0. The molecule has 0 aliphatic carbocycles. The minimum Gasteiger partial charge on any atom is -0.0985 e. The first-order valence-electron chi connectivity index (χ1n) is 6.98. The lowest BCUT2D eigenvalue weighted by molar-refractivity contribution is 0.772. The molecule has 0 aliphatic heterocycles. The van der Waals surface area contributed by atoms with Gasteiger partial charge in [-0.15, -0.1) is 0 Å². The fraction of sp³-hybridized carbons (Fsp3) is 0.529. The van der Waals surface area contributed by atoms with Gasteiger partial charge in [0, 0.05) is 0 Å². The summed E-state index contributed by atoms with van der Waals surface area (Å²) >= 11 is 0. The average molecular weight is 230 g/mol. The van der Waals surface area contributed by atoms with E-state index in [0.717, 1.165) is 0 Å². The summed E-state index contributed by atoms with van der Waals surface area (Å²) in [5, 5.41) is 0. The maximum Gasteiger partial charge on any atom is -0.0228 e. The van der Waals surface area contributed by atoms with Gasteiger partial charge in [0.05, 0.1) is 0 Å². The van der Waals surface area contributed by atoms with Crippen molar-refractivity contribution < 1.29 is 0 Å². The zero-order valence-electron chi connectivity index (χ0n) is 11.7. The van der Waals surface area contributed by atoms with Crippen molar-refractivity contribution in [1.82, 2.24) is 0 Å². The molecular weight excluding hydrogens is 204 g/mol. The van der Waals surface area contributed by atoms with Crippen molar-refractivity contribution in [2.75, 3.05) is 0 Å². The SMILES string of the molecule is C=Cc1ccc(CCCC)c(C)c1CCCC. The summed E-state index contributed by atoms with van der Waals surface area (Å²) in [5.41, 5.74) is 5.89. The second kappa shape index (κ2) is 7.32. The molecule has 0 aliphatic rings. The fourth-order valence-electron chi connectivity index (χ4n) is 2.34. The summed E-state index contributed by atoms with van der Waals surface area (Å²) in [4.78, 5) is 0. The molecule has 1 aromatic rings. The summed E-state index contributed by atoms with van der Waals surface area (Å²) in [6, 6.07) is 4.54. The Bertz CT molecular complexity index is 361. The van der Waals surface area contributed by atoms with E-state index in [0.29, 0.717) is 0 Å². The number of aryl methyl sites for hydroxylation is 1. The lowest BCUT2D eigenvalue weighted by Crippen LogP contribution is -1.99. The number of unbranched alkanes of at least 4 members (excludes halogenated alkanes) is 2. The highest BCUT2D eigenvalue weighted by atomic mass is 14.1. The van der Waals surface area contributed by atoms with Gasteiger partial charge in [-0.1, -0.05) is 51.5 Å². The molecule has 94 valence electrons. The summed E-state index contributed by atoms with van der Waals surface area (Å²) in [6.45, 7) is 10.7. The third kappa shape index (κ3) is 3.73. The predicted molar refractivity (Wildman–Crippen MR) is 78.5 cm³/mol. The Kier molecular flexibility index (Phi) is 6.04. The molecule has 0 heterocycles. The molecule has 0 unspecified atom stereocenters. The van der Waals surface area contributed by atoms with Crippen molar-refractivity contribution in [2.24, 2.45) is 0 Å². The lowest BCUT2D eigenvalue weighted by Gasteiger charge is -2.14. The van der Waals surface area contributed by atoms with Gasteiger partial charge in [0.1, 0.15) is 0 Å². The number of benzene rings is 1. The van der Waals surface area contributed by atoms with Crippen LogP contribution in [0.4, 0.5) is 0 Å². The van der Waals surface area contributed by atoms with Crippen LogP contribution in [0, 0.1) is 6.92 Å². The van der Waals surface area contributed by atoms with Crippen LogP contribution in [0.5, 0.6) is 0 Å². The summed E-state index contributed by atoms with van der Waals surface area (Å²) < 4.78 is 0. The summed E-state index contributed by atoms with van der Waals surface area (Å²) in [7, 11) is 0. The van der Waals surface area contributed by atoms with E-state index in [4.69, 9.17) is 0 Å². The van der Waals surface area contributed by atoms with E-state index in [1.165, 1.54) is 60.8 Å². The normalized spacial score (nSPS) is 10.5. The van der Waals surface area contributed by atoms with Gasteiger partial charge in [-0.2, -0.15) is 0 Å². The van der Waals surface area contributed by atoms with Gasteiger partial charge < -0.3 is 0 Å². The largest absolute Gasteiger partial charge is 0.0985 e. The van der Waals surface area contributed by atoms with Crippen molar-refractivity contribution in [3.05, 3.63) is 41.0 Å². The van der Waals surface area contributed by atoms with E-state index in [1.54, 1.807) is 0 Å². The third-order valence-corrected chi connectivity index (χ3v) is 3.55. The van der Waals surface area contributed by atoms with Crippen LogP contribution in [0.1, 0.15) is 61.8 Å². The molecular formula is C17H26. The van der Waals surface area contributed by atoms with Gasteiger partial charge in [0.2, 0.25) is 0 Å². The van der Waals surface area contributed by atoms with Crippen molar-refractivity contribution >= 4 is 6.08 Å². The topological polar surface area (TPSA) is 0 Å². The molecule has 0 saturated heterocycles. The van der Waals surface area contributed by atoms with Crippen molar-refractivity contribution in [3.8, 4) is 0 Å². The quantitative estimate of drug-likeness (QED) is 0.594. The molecule has 0 bridgehead atoms. The van der Waals surface area contributed by atoms with Crippen LogP contribution in [0.2, 0.25) is 0 Å². The van der Waals surface area contributed by atoms with Gasteiger partial charge >= 0.3 is 0 Å². The molecule has 0 atom stereocenters. The first-order chi connectivity index (χ1) is 8.24. The second-order valence-corrected chi connectivity index (χ2v) is 4.83. The molecule has 0 radical (unpaired) electrons. The van der Waals surface area contributed by atoms with E-state index in [9.17, 15) is 0 Å². The minimum atomic E-state index is 1.20. The molecule has 0 spiro atoms. The molecule has 0 saturated carbocycles. The molecule has 1 aromatic carbocycles. The van der Waals surface area contributed by atoms with E-state index >= 15 is 0 Å². The Balaban J connectivity index is 2.99. The van der Waals surface area contributed by atoms with E-state index < -0.39 is 0 Å². The van der Waals surface area contributed by atoms with E-state index in [2.05, 4.69) is 39.5 Å². The van der Waals surface area contributed by atoms with Gasteiger partial charge in [0.15, 0.2) is 0 Å². The van der Waals surface area contributed by atoms with Gasteiger partial charge in [-0.05, 0) is 54.9 Å². The molecule has 0 amide bonds. The molecule has 0 aromatic heterocycles. The zero-order chi connectivity index (χ0) is 12.7. The Labute approximate surface area is 107 Å². The van der Waals surface area contributed by atoms with Crippen LogP contribution in [-0.2, 0) is 12.8 Å². The number of hydrogen-bond acceptors (Lipinski definition) is 0. The van der Waals surface area contributed by atoms with Crippen LogP contribution in [0.25, 0.3) is 6.08 Å². The van der Waals surface area contributed by atoms with Crippen LogP contribution >= 0.6 is 0 Å². The third-order valence-electron chi connectivity index (χ3n) is 3.55. The van der Waals surface area contributed by atoms with E-state index in [-0.39, 0.29) is 0 Å². The highest BCUT2D eigenvalue weighted by Gasteiger charge is 2.07. The maximum absolute atomic E-state index is 3.93. The average Bonchev–Trinajstić information content (AvgIpc) is 2.35. The Morgan fingerprint density at radius 1 is 1.06 bits per heavy atom. The summed E-state index contributed by atoms with van der Waals surface area (Å²) in [6.07, 6.45) is 9.52. The van der Waals surface area contributed by atoms with Crippen molar-refractivity contribution in [1.29, 1.82) is 0 Å². The van der Waals surface area contributed by atoms with E-state index in [1.807, 2.05) is 6.08 Å². The molecule has 0 fully saturated rings. The van der Waals surface area contributed by atoms with Gasteiger partial charge in [0.25, 0.3) is 0 Å². The summed E-state index contributed by atoms with van der Waals surface area (Å²) in [5.74, 6) is 0. The Hall–Kier alpha value is -1.04. The van der Waals surface area contributed by atoms with Crippen molar-refractivity contribution in [2.45, 2.75) is 59.3 Å².